The van der Waals surface area contributed by atoms with Crippen molar-refractivity contribution in [3.8, 4) is 0 Å². The third kappa shape index (κ3) is 0.969. The summed E-state index contributed by atoms with van der Waals surface area (Å²) in [6.45, 7) is 0.441. The van der Waals surface area contributed by atoms with Gasteiger partial charge in [0.05, 0.1) is 24.8 Å². The van der Waals surface area contributed by atoms with Crippen molar-refractivity contribution in [3.05, 3.63) is 0 Å². The topological polar surface area (TPSA) is 90.7 Å². The fraction of sp³-hybridized carbons (Fsp3) is 1.00. The van der Waals surface area contributed by atoms with E-state index in [1.165, 1.54) is 0 Å². The van der Waals surface area contributed by atoms with Crippen LogP contribution in [0.15, 0.2) is 0 Å². The second-order valence-corrected chi connectivity index (χ2v) is 3.02. The van der Waals surface area contributed by atoms with Crippen LogP contribution in [0.1, 0.15) is 0 Å². The van der Waals surface area contributed by atoms with Crippen molar-refractivity contribution in [2.75, 3.05) is 6.61 Å². The van der Waals surface area contributed by atoms with E-state index in [0.29, 0.717) is 6.61 Å². The molecule has 2 fully saturated rings. The molecule has 64 valence electrons. The Bertz CT molecular complexity index is 146. The fourth-order valence-corrected chi connectivity index (χ4v) is 1.48. The maximum Gasteiger partial charge on any atom is 0.175 e. The van der Waals surface area contributed by atoms with Gasteiger partial charge < -0.3 is 26.0 Å². The van der Waals surface area contributed by atoms with Crippen molar-refractivity contribution in [1.29, 1.82) is 0 Å². The van der Waals surface area contributed by atoms with Crippen molar-refractivity contribution in [2.45, 2.75) is 30.6 Å². The number of hydrogen-bond donors (Lipinski definition) is 3. The summed E-state index contributed by atoms with van der Waals surface area (Å²) in [6, 6.07) is -0.924. The van der Waals surface area contributed by atoms with Crippen LogP contribution < -0.4 is 11.5 Å². The highest BCUT2D eigenvalue weighted by molar-refractivity contribution is 4.97. The molecule has 5 heteroatoms. The Kier molecular flexibility index (Phi) is 1.62. The number of hydrogen-bond acceptors (Lipinski definition) is 5. The van der Waals surface area contributed by atoms with Crippen LogP contribution in [0.3, 0.4) is 0 Å². The lowest BCUT2D eigenvalue weighted by Gasteiger charge is -2.33. The lowest BCUT2D eigenvalue weighted by atomic mass is 9.98. The van der Waals surface area contributed by atoms with Crippen LogP contribution in [0.4, 0.5) is 0 Å². The summed E-state index contributed by atoms with van der Waals surface area (Å²) < 4.78 is 10.4. The van der Waals surface area contributed by atoms with Crippen molar-refractivity contribution < 1.29 is 14.6 Å². The van der Waals surface area contributed by atoms with Gasteiger partial charge >= 0.3 is 0 Å². The van der Waals surface area contributed by atoms with Gasteiger partial charge in [-0.05, 0) is 0 Å². The molecule has 0 radical (unpaired) electrons. The van der Waals surface area contributed by atoms with E-state index in [4.69, 9.17) is 20.9 Å². The Morgan fingerprint density at radius 1 is 1.27 bits per heavy atom. The van der Waals surface area contributed by atoms with E-state index in [1.54, 1.807) is 0 Å². The third-order valence-electron chi connectivity index (χ3n) is 2.27. The van der Waals surface area contributed by atoms with Crippen LogP contribution in [0.5, 0.6) is 0 Å². The highest BCUT2D eigenvalue weighted by Gasteiger charge is 2.46. The van der Waals surface area contributed by atoms with Gasteiger partial charge in [-0.2, -0.15) is 0 Å². The molecule has 2 saturated heterocycles. The summed E-state index contributed by atoms with van der Waals surface area (Å²) in [4.78, 5) is 0. The standard InChI is InChI=1S/C6H12N2O3/c7-3-2-1-10-6(11-2)4(8)5(3)9/h2-6,9H,1,7-8H2/t2-,3-,4-,5+,6-/m1/s1. The lowest BCUT2D eigenvalue weighted by molar-refractivity contribution is -0.138. The summed E-state index contributed by atoms with van der Waals surface area (Å²) in [7, 11) is 0. The van der Waals surface area contributed by atoms with E-state index in [9.17, 15) is 5.11 Å². The minimum Gasteiger partial charge on any atom is -0.390 e. The van der Waals surface area contributed by atoms with Crippen LogP contribution in [-0.4, -0.2) is 42.3 Å². The number of aliphatic hydroxyl groups excluding tert-OH is 1. The van der Waals surface area contributed by atoms with Crippen LogP contribution in [0.2, 0.25) is 0 Å². The van der Waals surface area contributed by atoms with Gasteiger partial charge in [0, 0.05) is 0 Å². The van der Waals surface area contributed by atoms with Gasteiger partial charge in [0.25, 0.3) is 0 Å². The maximum absolute atomic E-state index is 9.42. The average Bonchev–Trinajstić information content (AvgIpc) is 2.44. The quantitative estimate of drug-likeness (QED) is 0.372. The SMILES string of the molecule is N[C@H]1[C@@H]2OC[C@@H](O2)[C@@H](N)[C@@H]1O. The smallest absolute Gasteiger partial charge is 0.175 e. The molecule has 5 atom stereocenters. The zero-order valence-electron chi connectivity index (χ0n) is 6.01. The Morgan fingerprint density at radius 2 is 2.00 bits per heavy atom. The summed E-state index contributed by atoms with van der Waals surface area (Å²) in [5.41, 5.74) is 11.2. The van der Waals surface area contributed by atoms with Gasteiger partial charge in [-0.1, -0.05) is 0 Å². The van der Waals surface area contributed by atoms with Gasteiger partial charge in [-0.15, -0.1) is 0 Å². The second kappa shape index (κ2) is 2.40. The molecule has 2 heterocycles. The summed E-state index contributed by atoms with van der Waals surface area (Å²) >= 11 is 0. The summed E-state index contributed by atoms with van der Waals surface area (Å²) in [6.07, 6.45) is -1.36. The number of fused-ring (bicyclic) bond motifs is 2. The van der Waals surface area contributed by atoms with E-state index in [-0.39, 0.29) is 6.10 Å². The van der Waals surface area contributed by atoms with E-state index in [2.05, 4.69) is 0 Å². The summed E-state index contributed by atoms with van der Waals surface area (Å²) in [5, 5.41) is 9.42. The molecule has 0 amide bonds. The zero-order valence-corrected chi connectivity index (χ0v) is 6.01. The lowest BCUT2D eigenvalue weighted by Crippen LogP contribution is -2.60. The predicted octanol–water partition coefficient (Wildman–Crippen LogP) is -2.24. The Balaban J connectivity index is 2.16. The molecule has 0 aromatic rings. The van der Waals surface area contributed by atoms with Gasteiger partial charge in [0.2, 0.25) is 0 Å². The predicted molar refractivity (Wildman–Crippen MR) is 36.6 cm³/mol. The van der Waals surface area contributed by atoms with E-state index < -0.39 is 24.5 Å². The minimum absolute atomic E-state index is 0.185. The molecule has 0 aliphatic carbocycles. The third-order valence-corrected chi connectivity index (χ3v) is 2.27. The second-order valence-electron chi connectivity index (χ2n) is 3.02. The maximum atomic E-state index is 9.42. The Labute approximate surface area is 64.3 Å². The van der Waals surface area contributed by atoms with Crippen LogP contribution in [-0.2, 0) is 9.47 Å². The molecule has 2 aliphatic heterocycles. The molecule has 5 N–H and O–H groups in total. The van der Waals surface area contributed by atoms with E-state index in [0.717, 1.165) is 0 Å². The van der Waals surface area contributed by atoms with Crippen molar-refractivity contribution in [2.24, 2.45) is 11.5 Å². The molecular formula is C6H12N2O3. The molecule has 0 unspecified atom stereocenters. The highest BCUT2D eigenvalue weighted by Crippen LogP contribution is 2.25. The molecule has 0 spiro atoms. The number of rotatable bonds is 0. The molecule has 5 nitrogen and oxygen atoms in total. The van der Waals surface area contributed by atoms with Gasteiger partial charge in [-0.3, -0.25) is 0 Å². The first-order valence-electron chi connectivity index (χ1n) is 3.66. The Hall–Kier alpha value is -0.200. The van der Waals surface area contributed by atoms with Gasteiger partial charge in [-0.25, -0.2) is 0 Å². The van der Waals surface area contributed by atoms with Crippen LogP contribution >= 0.6 is 0 Å². The molecule has 0 aromatic carbocycles. The number of nitrogens with two attached hydrogens (primary N) is 2. The monoisotopic (exact) mass is 160 g/mol. The highest BCUT2D eigenvalue weighted by atomic mass is 16.7. The molecule has 2 rings (SSSR count). The Morgan fingerprint density at radius 3 is 2.73 bits per heavy atom. The zero-order chi connectivity index (χ0) is 8.01. The number of aliphatic hydroxyl groups is 1. The van der Waals surface area contributed by atoms with Crippen molar-refractivity contribution in [3.63, 3.8) is 0 Å². The van der Waals surface area contributed by atoms with Gasteiger partial charge in [0.1, 0.15) is 6.10 Å². The molecule has 11 heavy (non-hydrogen) atoms. The van der Waals surface area contributed by atoms with E-state index >= 15 is 0 Å². The normalized spacial score (nSPS) is 56.5. The first-order chi connectivity index (χ1) is 5.20. The number of ether oxygens (including phenoxy) is 2. The first-order valence-corrected chi connectivity index (χ1v) is 3.66. The molecule has 0 saturated carbocycles. The van der Waals surface area contributed by atoms with Crippen LogP contribution in [0, 0.1) is 0 Å². The van der Waals surface area contributed by atoms with Crippen molar-refractivity contribution >= 4 is 0 Å². The molecular weight excluding hydrogens is 148 g/mol. The minimum atomic E-state index is -0.707. The van der Waals surface area contributed by atoms with Gasteiger partial charge in [0.15, 0.2) is 6.29 Å². The molecule has 0 aromatic heterocycles. The average molecular weight is 160 g/mol. The van der Waals surface area contributed by atoms with Crippen LogP contribution in [0.25, 0.3) is 0 Å². The summed E-state index contributed by atoms with van der Waals surface area (Å²) in [5.74, 6) is 0. The van der Waals surface area contributed by atoms with E-state index in [1.807, 2.05) is 0 Å². The fourth-order valence-electron chi connectivity index (χ4n) is 1.48. The largest absolute Gasteiger partial charge is 0.390 e. The molecule has 2 aliphatic rings. The molecule has 2 bridgehead atoms. The first kappa shape index (κ1) is 7.45. The van der Waals surface area contributed by atoms with Crippen molar-refractivity contribution in [1.82, 2.24) is 0 Å².